The molecule has 108 valence electrons. The summed E-state index contributed by atoms with van der Waals surface area (Å²) < 4.78 is 0. The molecule has 2 N–H and O–H groups in total. The molecule has 0 saturated carbocycles. The van der Waals surface area contributed by atoms with Crippen LogP contribution in [0.15, 0.2) is 78.0 Å². The standard InChI is InChI=1S/C19H15NO2/c21-19-16(13-20-22)11-12-17(14-7-3-1-4-8-14)18(19)15-9-5-2-6-10-15/h1-13,21-22H. The molecule has 0 heterocycles. The van der Waals surface area contributed by atoms with Gasteiger partial charge in [0.2, 0.25) is 0 Å². The van der Waals surface area contributed by atoms with Crippen LogP contribution in [0.5, 0.6) is 5.75 Å². The highest BCUT2D eigenvalue weighted by Crippen LogP contribution is 2.40. The van der Waals surface area contributed by atoms with E-state index in [4.69, 9.17) is 5.21 Å². The Morgan fingerprint density at radius 1 is 0.727 bits per heavy atom. The number of aromatic hydroxyl groups is 1. The molecule has 0 aliphatic rings. The number of rotatable bonds is 3. The third-order valence-electron chi connectivity index (χ3n) is 3.55. The number of benzene rings is 3. The average Bonchev–Trinajstić information content (AvgIpc) is 2.58. The molecule has 0 unspecified atom stereocenters. The first-order valence-electron chi connectivity index (χ1n) is 6.95. The molecule has 0 atom stereocenters. The second kappa shape index (κ2) is 6.14. The van der Waals surface area contributed by atoms with E-state index in [1.54, 1.807) is 6.07 Å². The van der Waals surface area contributed by atoms with Crippen molar-refractivity contribution in [3.63, 3.8) is 0 Å². The maximum Gasteiger partial charge on any atom is 0.132 e. The Bertz CT molecular complexity index is 796. The quantitative estimate of drug-likeness (QED) is 0.422. The highest BCUT2D eigenvalue weighted by atomic mass is 16.4. The van der Waals surface area contributed by atoms with E-state index < -0.39 is 0 Å². The summed E-state index contributed by atoms with van der Waals surface area (Å²) in [7, 11) is 0. The van der Waals surface area contributed by atoms with Crippen molar-refractivity contribution >= 4 is 6.21 Å². The number of oxime groups is 1. The monoisotopic (exact) mass is 289 g/mol. The largest absolute Gasteiger partial charge is 0.507 e. The molecular formula is C19H15NO2. The summed E-state index contributed by atoms with van der Waals surface area (Å²) in [4.78, 5) is 0. The Morgan fingerprint density at radius 2 is 1.32 bits per heavy atom. The lowest BCUT2D eigenvalue weighted by molar-refractivity contribution is 0.321. The molecule has 0 bridgehead atoms. The second-order valence-corrected chi connectivity index (χ2v) is 4.90. The molecule has 0 aliphatic carbocycles. The van der Waals surface area contributed by atoms with Crippen molar-refractivity contribution in [2.24, 2.45) is 5.16 Å². The van der Waals surface area contributed by atoms with E-state index in [-0.39, 0.29) is 5.75 Å². The van der Waals surface area contributed by atoms with Crippen molar-refractivity contribution in [2.45, 2.75) is 0 Å². The molecule has 0 saturated heterocycles. The number of phenols is 1. The van der Waals surface area contributed by atoms with Crippen molar-refractivity contribution in [1.82, 2.24) is 0 Å². The van der Waals surface area contributed by atoms with Gasteiger partial charge in [-0.25, -0.2) is 0 Å². The lowest BCUT2D eigenvalue weighted by Gasteiger charge is -2.14. The van der Waals surface area contributed by atoms with Gasteiger partial charge in [-0.3, -0.25) is 0 Å². The molecule has 3 aromatic carbocycles. The van der Waals surface area contributed by atoms with E-state index in [0.717, 1.165) is 22.3 Å². The molecule has 0 spiro atoms. The van der Waals surface area contributed by atoms with Gasteiger partial charge in [0.25, 0.3) is 0 Å². The van der Waals surface area contributed by atoms with Crippen LogP contribution in [0.1, 0.15) is 5.56 Å². The number of phenolic OH excluding ortho intramolecular Hbond substituents is 1. The summed E-state index contributed by atoms with van der Waals surface area (Å²) in [5.74, 6) is 0.102. The van der Waals surface area contributed by atoms with E-state index in [1.165, 1.54) is 6.21 Å². The van der Waals surface area contributed by atoms with E-state index >= 15 is 0 Å². The average molecular weight is 289 g/mol. The Morgan fingerprint density at radius 3 is 1.91 bits per heavy atom. The highest BCUT2D eigenvalue weighted by molar-refractivity contribution is 5.95. The zero-order valence-corrected chi connectivity index (χ0v) is 11.8. The minimum absolute atomic E-state index is 0.102. The molecular weight excluding hydrogens is 274 g/mol. The summed E-state index contributed by atoms with van der Waals surface area (Å²) in [6.07, 6.45) is 1.23. The molecule has 3 nitrogen and oxygen atoms in total. The molecule has 0 aliphatic heterocycles. The van der Waals surface area contributed by atoms with Gasteiger partial charge in [-0.15, -0.1) is 0 Å². The minimum Gasteiger partial charge on any atom is -0.507 e. The number of nitrogens with zero attached hydrogens (tertiary/aromatic N) is 1. The normalized spacial score (nSPS) is 10.9. The van der Waals surface area contributed by atoms with Crippen molar-refractivity contribution in [3.8, 4) is 28.0 Å². The first-order valence-corrected chi connectivity index (χ1v) is 6.95. The Balaban J connectivity index is 2.29. The summed E-state index contributed by atoms with van der Waals surface area (Å²) in [6.45, 7) is 0. The van der Waals surface area contributed by atoms with Crippen molar-refractivity contribution in [3.05, 3.63) is 78.4 Å². The van der Waals surface area contributed by atoms with Crippen molar-refractivity contribution in [1.29, 1.82) is 0 Å². The molecule has 3 aromatic rings. The fourth-order valence-corrected chi connectivity index (χ4v) is 2.53. The van der Waals surface area contributed by atoms with Crippen LogP contribution in [0, 0.1) is 0 Å². The lowest BCUT2D eigenvalue weighted by Crippen LogP contribution is -1.91. The van der Waals surface area contributed by atoms with Crippen LogP contribution in [0.25, 0.3) is 22.3 Å². The Labute approximate surface area is 128 Å². The summed E-state index contributed by atoms with van der Waals surface area (Å²) >= 11 is 0. The molecule has 3 rings (SSSR count). The SMILES string of the molecule is ON=Cc1ccc(-c2ccccc2)c(-c2ccccc2)c1O. The third kappa shape index (κ3) is 2.56. The van der Waals surface area contributed by atoms with Crippen LogP contribution in [-0.2, 0) is 0 Å². The summed E-state index contributed by atoms with van der Waals surface area (Å²) in [5.41, 5.74) is 4.06. The van der Waals surface area contributed by atoms with Gasteiger partial charge in [-0.05, 0) is 22.8 Å². The van der Waals surface area contributed by atoms with E-state index in [9.17, 15) is 5.11 Å². The first-order chi connectivity index (χ1) is 10.8. The molecule has 0 fully saturated rings. The van der Waals surface area contributed by atoms with Gasteiger partial charge >= 0.3 is 0 Å². The van der Waals surface area contributed by atoms with Gasteiger partial charge in [-0.1, -0.05) is 71.9 Å². The second-order valence-electron chi connectivity index (χ2n) is 4.90. The van der Waals surface area contributed by atoms with Crippen LogP contribution in [-0.4, -0.2) is 16.5 Å². The van der Waals surface area contributed by atoms with Crippen LogP contribution in [0.2, 0.25) is 0 Å². The predicted molar refractivity (Wildman–Crippen MR) is 88.4 cm³/mol. The molecule has 0 amide bonds. The maximum absolute atomic E-state index is 10.6. The van der Waals surface area contributed by atoms with E-state index in [1.807, 2.05) is 66.7 Å². The summed E-state index contributed by atoms with van der Waals surface area (Å²) in [5, 5.41) is 22.4. The van der Waals surface area contributed by atoms with E-state index in [2.05, 4.69) is 5.16 Å². The summed E-state index contributed by atoms with van der Waals surface area (Å²) in [6, 6.07) is 23.2. The fourth-order valence-electron chi connectivity index (χ4n) is 2.53. The van der Waals surface area contributed by atoms with Gasteiger partial charge in [0, 0.05) is 11.1 Å². The zero-order valence-electron chi connectivity index (χ0n) is 11.8. The molecule has 0 radical (unpaired) electrons. The number of hydrogen-bond donors (Lipinski definition) is 2. The number of hydrogen-bond acceptors (Lipinski definition) is 3. The van der Waals surface area contributed by atoms with Crippen LogP contribution < -0.4 is 0 Å². The van der Waals surface area contributed by atoms with Crippen LogP contribution in [0.3, 0.4) is 0 Å². The smallest absolute Gasteiger partial charge is 0.132 e. The molecule has 22 heavy (non-hydrogen) atoms. The first kappa shape index (κ1) is 13.9. The molecule has 3 heteroatoms. The highest BCUT2D eigenvalue weighted by Gasteiger charge is 2.14. The van der Waals surface area contributed by atoms with Gasteiger partial charge in [0.15, 0.2) is 0 Å². The topological polar surface area (TPSA) is 52.8 Å². The van der Waals surface area contributed by atoms with Crippen molar-refractivity contribution in [2.75, 3.05) is 0 Å². The van der Waals surface area contributed by atoms with Crippen LogP contribution in [0.4, 0.5) is 0 Å². The Kier molecular flexibility index (Phi) is 3.88. The van der Waals surface area contributed by atoms with Crippen LogP contribution >= 0.6 is 0 Å². The minimum atomic E-state index is 0.102. The van der Waals surface area contributed by atoms with Gasteiger partial charge in [0.1, 0.15) is 5.75 Å². The Hall–Kier alpha value is -3.07. The fraction of sp³-hybridized carbons (Fsp3) is 0. The van der Waals surface area contributed by atoms with Gasteiger partial charge in [-0.2, -0.15) is 0 Å². The van der Waals surface area contributed by atoms with E-state index in [0.29, 0.717) is 5.56 Å². The lowest BCUT2D eigenvalue weighted by atomic mass is 9.92. The predicted octanol–water partition coefficient (Wildman–Crippen LogP) is 4.53. The zero-order chi connectivity index (χ0) is 15.4. The third-order valence-corrected chi connectivity index (χ3v) is 3.55. The van der Waals surface area contributed by atoms with Gasteiger partial charge in [0.05, 0.1) is 6.21 Å². The van der Waals surface area contributed by atoms with Gasteiger partial charge < -0.3 is 10.3 Å². The maximum atomic E-state index is 10.6. The van der Waals surface area contributed by atoms with Crippen molar-refractivity contribution < 1.29 is 10.3 Å². The molecule has 0 aromatic heterocycles.